The summed E-state index contributed by atoms with van der Waals surface area (Å²) in [4.78, 5) is 25.9. The molecule has 10 heteroatoms. The van der Waals surface area contributed by atoms with E-state index in [9.17, 15) is 18.0 Å². The number of hydrogen-bond donors (Lipinski definition) is 2. The molecule has 3 rings (SSSR count). The fourth-order valence-corrected chi connectivity index (χ4v) is 4.38. The molecule has 0 aliphatic carbocycles. The van der Waals surface area contributed by atoms with E-state index in [1.54, 1.807) is 0 Å². The molecule has 1 aromatic heterocycles. The Hall–Kier alpha value is -1.65. The van der Waals surface area contributed by atoms with Gasteiger partial charge in [-0.25, -0.2) is 4.79 Å². The van der Waals surface area contributed by atoms with E-state index in [1.165, 1.54) is 9.75 Å². The summed E-state index contributed by atoms with van der Waals surface area (Å²) in [6, 6.07) is 4.42. The van der Waals surface area contributed by atoms with Crippen molar-refractivity contribution in [3.63, 3.8) is 0 Å². The van der Waals surface area contributed by atoms with Crippen molar-refractivity contribution in [2.45, 2.75) is 39.6 Å². The Bertz CT molecular complexity index is 708. The lowest BCUT2D eigenvalue weighted by Gasteiger charge is -2.20. The van der Waals surface area contributed by atoms with Crippen molar-refractivity contribution in [1.29, 1.82) is 0 Å². The van der Waals surface area contributed by atoms with Crippen molar-refractivity contribution >= 4 is 23.2 Å². The highest BCUT2D eigenvalue weighted by Gasteiger charge is 2.43. The Labute approximate surface area is 172 Å². The van der Waals surface area contributed by atoms with E-state index in [-0.39, 0.29) is 11.8 Å². The van der Waals surface area contributed by atoms with Gasteiger partial charge in [-0.1, -0.05) is 13.8 Å². The number of likely N-dealkylation sites (tertiary alicyclic amines) is 1. The van der Waals surface area contributed by atoms with E-state index in [0.717, 1.165) is 32.8 Å². The minimum atomic E-state index is -5.08. The third kappa shape index (κ3) is 6.97. The molecule has 1 amide bonds. The Kier molecular flexibility index (Phi) is 8.07. The second-order valence-corrected chi connectivity index (χ2v) is 9.08. The van der Waals surface area contributed by atoms with Gasteiger partial charge in [0.25, 0.3) is 0 Å². The molecular weight excluding hydrogens is 409 g/mol. The highest BCUT2D eigenvalue weighted by atomic mass is 32.1. The standard InChI is InChI=1S/C17H26N2O2S.C2HF3O2/c1-11(2)17(20)18-6-13-10-21-16-9-19(8-15(13)16)7-14-5-4-12(3)22-14;3-2(4,5)1(6)7/h4-5,11,13,15-16H,6-10H2,1-3H3,(H,18,20);(H,6,7)/t13-,15-,16-;/m1./s1. The van der Waals surface area contributed by atoms with E-state index in [0.29, 0.717) is 17.9 Å². The second-order valence-electron chi connectivity index (χ2n) is 7.70. The highest BCUT2D eigenvalue weighted by Crippen LogP contribution is 2.34. The van der Waals surface area contributed by atoms with Crippen LogP contribution in [0.1, 0.15) is 23.6 Å². The SMILES string of the molecule is Cc1ccc(CN2C[C@@H]3[C@H](CNC(=O)C(C)C)CO[C@@H]3C2)s1.O=C(O)C(F)(F)F. The molecule has 2 aliphatic heterocycles. The number of aryl methyl sites for hydroxylation is 1. The van der Waals surface area contributed by atoms with E-state index < -0.39 is 12.1 Å². The summed E-state index contributed by atoms with van der Waals surface area (Å²) in [5, 5.41) is 10.2. The monoisotopic (exact) mass is 436 g/mol. The number of rotatable bonds is 5. The molecule has 6 nitrogen and oxygen atoms in total. The van der Waals surface area contributed by atoms with Gasteiger partial charge in [-0.05, 0) is 19.1 Å². The van der Waals surface area contributed by atoms with Gasteiger partial charge in [0.1, 0.15) is 0 Å². The van der Waals surface area contributed by atoms with E-state index in [2.05, 4.69) is 29.3 Å². The Morgan fingerprint density at radius 1 is 1.34 bits per heavy atom. The summed E-state index contributed by atoms with van der Waals surface area (Å²) in [6.45, 7) is 10.7. The number of halogens is 3. The molecule has 3 atom stereocenters. The predicted octanol–water partition coefficient (Wildman–Crippen LogP) is 2.91. The van der Waals surface area contributed by atoms with Crippen LogP contribution in [0, 0.1) is 24.7 Å². The van der Waals surface area contributed by atoms with Crippen LogP contribution in [-0.4, -0.2) is 60.4 Å². The molecule has 0 unspecified atom stereocenters. The average Bonchev–Trinajstić information content (AvgIpc) is 3.29. The fraction of sp³-hybridized carbons (Fsp3) is 0.684. The first-order valence-corrected chi connectivity index (χ1v) is 10.3. The lowest BCUT2D eigenvalue weighted by Crippen LogP contribution is -2.36. The Morgan fingerprint density at radius 2 is 2.00 bits per heavy atom. The first-order valence-electron chi connectivity index (χ1n) is 9.44. The largest absolute Gasteiger partial charge is 0.490 e. The van der Waals surface area contributed by atoms with Gasteiger partial charge in [-0.15, -0.1) is 11.3 Å². The third-order valence-corrected chi connectivity index (χ3v) is 5.98. The predicted molar refractivity (Wildman–Crippen MR) is 103 cm³/mol. The molecule has 2 saturated heterocycles. The van der Waals surface area contributed by atoms with Gasteiger partial charge in [0.15, 0.2) is 0 Å². The minimum Gasteiger partial charge on any atom is -0.475 e. The van der Waals surface area contributed by atoms with Crippen LogP contribution in [0.5, 0.6) is 0 Å². The van der Waals surface area contributed by atoms with Gasteiger partial charge < -0.3 is 15.2 Å². The summed E-state index contributed by atoms with van der Waals surface area (Å²) in [6.07, 6.45) is -4.73. The molecule has 29 heavy (non-hydrogen) atoms. The number of carbonyl (C=O) groups excluding carboxylic acids is 1. The molecule has 0 saturated carbocycles. The van der Waals surface area contributed by atoms with Gasteiger partial charge in [0.2, 0.25) is 5.91 Å². The summed E-state index contributed by atoms with van der Waals surface area (Å²) in [5.41, 5.74) is 0. The normalized spacial score (nSPS) is 24.2. The van der Waals surface area contributed by atoms with Crippen LogP contribution in [-0.2, 0) is 20.9 Å². The lowest BCUT2D eigenvalue weighted by molar-refractivity contribution is -0.192. The molecule has 2 aliphatic rings. The van der Waals surface area contributed by atoms with Crippen LogP contribution in [0.15, 0.2) is 12.1 Å². The first kappa shape index (κ1) is 23.6. The molecule has 0 bridgehead atoms. The van der Waals surface area contributed by atoms with E-state index in [1.807, 2.05) is 25.2 Å². The lowest BCUT2D eigenvalue weighted by atomic mass is 9.93. The number of amides is 1. The van der Waals surface area contributed by atoms with Crippen molar-refractivity contribution in [3.8, 4) is 0 Å². The van der Waals surface area contributed by atoms with Crippen molar-refractivity contribution < 1.29 is 32.6 Å². The molecule has 164 valence electrons. The van der Waals surface area contributed by atoms with E-state index >= 15 is 0 Å². The third-order valence-electron chi connectivity index (χ3n) is 5.00. The quantitative estimate of drug-likeness (QED) is 0.742. The number of ether oxygens (including phenoxy) is 1. The summed E-state index contributed by atoms with van der Waals surface area (Å²) in [7, 11) is 0. The molecule has 2 fully saturated rings. The zero-order valence-electron chi connectivity index (χ0n) is 16.7. The van der Waals surface area contributed by atoms with Crippen LogP contribution < -0.4 is 5.32 Å². The number of thiophene rings is 1. The van der Waals surface area contributed by atoms with Crippen LogP contribution in [0.3, 0.4) is 0 Å². The average molecular weight is 436 g/mol. The smallest absolute Gasteiger partial charge is 0.475 e. The summed E-state index contributed by atoms with van der Waals surface area (Å²) >= 11 is 1.88. The minimum absolute atomic E-state index is 0.0558. The van der Waals surface area contributed by atoms with Crippen LogP contribution in [0.4, 0.5) is 13.2 Å². The van der Waals surface area contributed by atoms with Crippen LogP contribution in [0.2, 0.25) is 0 Å². The van der Waals surface area contributed by atoms with Gasteiger partial charge in [-0.3, -0.25) is 9.69 Å². The fourth-order valence-electron chi connectivity index (χ4n) is 3.45. The number of fused-ring (bicyclic) bond motifs is 1. The molecular formula is C19H27F3N2O4S. The Balaban J connectivity index is 0.000000370. The summed E-state index contributed by atoms with van der Waals surface area (Å²) in [5.74, 6) is -1.53. The number of nitrogens with zero attached hydrogens (tertiary/aromatic N) is 1. The molecule has 0 aromatic carbocycles. The maximum absolute atomic E-state index is 11.7. The number of carboxylic acids is 1. The zero-order valence-corrected chi connectivity index (χ0v) is 17.5. The molecule has 3 heterocycles. The number of hydrogen-bond acceptors (Lipinski definition) is 5. The maximum atomic E-state index is 11.7. The van der Waals surface area contributed by atoms with Gasteiger partial charge >= 0.3 is 12.1 Å². The highest BCUT2D eigenvalue weighted by molar-refractivity contribution is 7.11. The number of carboxylic acid groups (broad SMARTS) is 1. The Morgan fingerprint density at radius 3 is 2.52 bits per heavy atom. The molecule has 0 spiro atoms. The number of nitrogens with one attached hydrogen (secondary N) is 1. The number of alkyl halides is 3. The molecule has 0 radical (unpaired) electrons. The molecule has 1 aromatic rings. The number of aliphatic carboxylic acids is 1. The first-order chi connectivity index (χ1) is 13.5. The number of carbonyl (C=O) groups is 2. The van der Waals surface area contributed by atoms with Crippen LogP contribution in [0.25, 0.3) is 0 Å². The topological polar surface area (TPSA) is 78.9 Å². The second kappa shape index (κ2) is 9.90. The van der Waals surface area contributed by atoms with Gasteiger partial charge in [0, 0.05) is 53.7 Å². The van der Waals surface area contributed by atoms with Crippen molar-refractivity contribution in [1.82, 2.24) is 10.2 Å². The van der Waals surface area contributed by atoms with E-state index in [4.69, 9.17) is 14.6 Å². The van der Waals surface area contributed by atoms with Crippen molar-refractivity contribution in [2.75, 3.05) is 26.2 Å². The maximum Gasteiger partial charge on any atom is 0.490 e. The molecule has 2 N–H and O–H groups in total. The van der Waals surface area contributed by atoms with Crippen LogP contribution >= 0.6 is 11.3 Å². The van der Waals surface area contributed by atoms with Crippen molar-refractivity contribution in [2.24, 2.45) is 17.8 Å². The van der Waals surface area contributed by atoms with Gasteiger partial charge in [-0.2, -0.15) is 13.2 Å². The zero-order chi connectivity index (χ0) is 21.8. The summed E-state index contributed by atoms with van der Waals surface area (Å²) < 4.78 is 37.7. The van der Waals surface area contributed by atoms with Gasteiger partial charge in [0.05, 0.1) is 12.7 Å². The van der Waals surface area contributed by atoms with Crippen molar-refractivity contribution in [3.05, 3.63) is 21.9 Å².